The average Bonchev–Trinajstić information content (AvgIpc) is 2.02. The Morgan fingerprint density at radius 2 is 1.54 bits per heavy atom. The van der Waals surface area contributed by atoms with Crippen LogP contribution in [0.1, 0.15) is 38.5 Å². The lowest BCUT2D eigenvalue weighted by atomic mass is 9.70. The minimum absolute atomic E-state index is 0.132. The Balaban J connectivity index is 2.02. The van der Waals surface area contributed by atoms with Gasteiger partial charge in [0.05, 0.1) is 0 Å². The lowest BCUT2D eigenvalue weighted by molar-refractivity contribution is -0.0179. The Morgan fingerprint density at radius 3 is 1.92 bits per heavy atom. The number of fused-ring (bicyclic) bond motifs is 2. The predicted octanol–water partition coefficient (Wildman–Crippen LogP) is 3.33. The third-order valence-corrected chi connectivity index (χ3v) is 3.55. The van der Waals surface area contributed by atoms with Gasteiger partial charge in [-0.15, -0.1) is 0 Å². The molecular weight excluding hydrogens is 188 g/mol. The summed E-state index contributed by atoms with van der Waals surface area (Å²) in [5, 5.41) is 0. The van der Waals surface area contributed by atoms with Crippen LogP contribution in [0.4, 0.5) is 4.79 Å². The van der Waals surface area contributed by atoms with Crippen molar-refractivity contribution < 1.29 is 9.53 Å². The normalized spacial score (nSPS) is 38.4. The molecule has 0 spiro atoms. The number of rotatable bonds is 1. The maximum atomic E-state index is 10.7. The molecule has 0 amide bonds. The summed E-state index contributed by atoms with van der Waals surface area (Å²) in [6.07, 6.45) is 7.58. The molecule has 0 saturated heterocycles. The van der Waals surface area contributed by atoms with Crippen LogP contribution in [-0.4, -0.2) is 11.5 Å². The van der Waals surface area contributed by atoms with E-state index in [0.29, 0.717) is 11.8 Å². The fraction of sp³-hybridized carbons (Fsp3) is 0.900. The Bertz CT molecular complexity index is 183. The zero-order valence-corrected chi connectivity index (χ0v) is 8.43. The Hall–Kier alpha value is -0.240. The van der Waals surface area contributed by atoms with Gasteiger partial charge in [-0.05, 0) is 37.5 Å². The SMILES string of the molecule is O=C(Cl)OC1C2CCCC1CCC2. The molecule has 0 aromatic carbocycles. The van der Waals surface area contributed by atoms with Crippen LogP contribution in [0, 0.1) is 11.8 Å². The molecule has 2 nitrogen and oxygen atoms in total. The molecule has 0 N–H and O–H groups in total. The van der Waals surface area contributed by atoms with Gasteiger partial charge in [-0.25, -0.2) is 4.79 Å². The number of carbonyl (C=O) groups excluding carboxylic acids is 1. The molecule has 2 rings (SSSR count). The van der Waals surface area contributed by atoms with Crippen LogP contribution in [0.15, 0.2) is 0 Å². The number of carbonyl (C=O) groups is 1. The lowest BCUT2D eigenvalue weighted by Crippen LogP contribution is -2.39. The molecule has 2 aliphatic carbocycles. The van der Waals surface area contributed by atoms with Crippen molar-refractivity contribution in [3.8, 4) is 0 Å². The van der Waals surface area contributed by atoms with E-state index in [0.717, 1.165) is 0 Å². The fourth-order valence-electron chi connectivity index (χ4n) is 2.91. The van der Waals surface area contributed by atoms with Crippen molar-refractivity contribution in [1.29, 1.82) is 0 Å². The highest BCUT2D eigenvalue weighted by molar-refractivity contribution is 6.61. The van der Waals surface area contributed by atoms with Gasteiger partial charge < -0.3 is 4.74 Å². The van der Waals surface area contributed by atoms with Crippen molar-refractivity contribution >= 4 is 17.0 Å². The first-order valence-electron chi connectivity index (χ1n) is 5.13. The summed E-state index contributed by atoms with van der Waals surface area (Å²) in [6, 6.07) is 0. The van der Waals surface area contributed by atoms with E-state index in [2.05, 4.69) is 0 Å². The van der Waals surface area contributed by atoms with Crippen LogP contribution in [0.2, 0.25) is 0 Å². The molecule has 13 heavy (non-hydrogen) atoms. The first kappa shape index (κ1) is 9.32. The van der Waals surface area contributed by atoms with Crippen molar-refractivity contribution in [3.63, 3.8) is 0 Å². The number of halogens is 1. The average molecular weight is 203 g/mol. The Kier molecular flexibility index (Phi) is 2.77. The van der Waals surface area contributed by atoms with Gasteiger partial charge >= 0.3 is 5.43 Å². The van der Waals surface area contributed by atoms with Gasteiger partial charge in [0.2, 0.25) is 0 Å². The van der Waals surface area contributed by atoms with E-state index >= 15 is 0 Å². The molecule has 0 heterocycles. The molecule has 0 unspecified atom stereocenters. The molecule has 74 valence electrons. The topological polar surface area (TPSA) is 26.3 Å². The van der Waals surface area contributed by atoms with Crippen molar-refractivity contribution in [1.82, 2.24) is 0 Å². The van der Waals surface area contributed by atoms with E-state index in [-0.39, 0.29) is 6.10 Å². The molecule has 2 bridgehead atoms. The second kappa shape index (κ2) is 3.87. The summed E-state index contributed by atoms with van der Waals surface area (Å²) < 4.78 is 5.18. The maximum absolute atomic E-state index is 10.7. The molecule has 2 saturated carbocycles. The first-order chi connectivity index (χ1) is 6.27. The molecular formula is C10H15ClO2. The highest BCUT2D eigenvalue weighted by atomic mass is 35.5. The van der Waals surface area contributed by atoms with Crippen LogP contribution in [0.25, 0.3) is 0 Å². The summed E-state index contributed by atoms with van der Waals surface area (Å²) in [5.74, 6) is 1.19. The lowest BCUT2D eigenvalue weighted by Gasteiger charge is -2.41. The molecule has 0 aromatic heterocycles. The van der Waals surface area contributed by atoms with Gasteiger partial charge in [-0.3, -0.25) is 0 Å². The molecule has 3 heteroatoms. The molecule has 0 atom stereocenters. The van der Waals surface area contributed by atoms with Crippen LogP contribution < -0.4 is 0 Å². The number of hydrogen-bond acceptors (Lipinski definition) is 2. The predicted molar refractivity (Wildman–Crippen MR) is 50.8 cm³/mol. The van der Waals surface area contributed by atoms with Crippen LogP contribution in [-0.2, 0) is 4.74 Å². The Labute approximate surface area is 83.6 Å². The van der Waals surface area contributed by atoms with E-state index in [1.54, 1.807) is 0 Å². The minimum atomic E-state index is -0.621. The van der Waals surface area contributed by atoms with Crippen molar-refractivity contribution in [2.75, 3.05) is 0 Å². The standard InChI is InChI=1S/C10H15ClO2/c11-10(12)13-9-7-3-1-4-8(9)6-2-5-7/h7-9H,1-6H2. The number of hydrogen-bond donors (Lipinski definition) is 0. The van der Waals surface area contributed by atoms with Crippen LogP contribution in [0.3, 0.4) is 0 Å². The van der Waals surface area contributed by atoms with Crippen molar-refractivity contribution in [3.05, 3.63) is 0 Å². The summed E-state index contributed by atoms with van der Waals surface area (Å²) in [7, 11) is 0. The summed E-state index contributed by atoms with van der Waals surface area (Å²) >= 11 is 5.26. The molecule has 0 aromatic rings. The van der Waals surface area contributed by atoms with E-state index < -0.39 is 5.43 Å². The third-order valence-electron chi connectivity index (χ3n) is 3.46. The van der Waals surface area contributed by atoms with Gasteiger partial charge in [0, 0.05) is 11.6 Å². The third kappa shape index (κ3) is 1.98. The van der Waals surface area contributed by atoms with Gasteiger partial charge in [-0.1, -0.05) is 12.8 Å². The fourth-order valence-corrected chi connectivity index (χ4v) is 3.02. The minimum Gasteiger partial charge on any atom is -0.450 e. The summed E-state index contributed by atoms with van der Waals surface area (Å²) in [6.45, 7) is 0. The van der Waals surface area contributed by atoms with E-state index in [1.807, 2.05) is 0 Å². The van der Waals surface area contributed by atoms with Gasteiger partial charge in [0.1, 0.15) is 6.10 Å². The van der Waals surface area contributed by atoms with Crippen LogP contribution in [0.5, 0.6) is 0 Å². The largest absolute Gasteiger partial charge is 0.450 e. The summed E-state index contributed by atoms with van der Waals surface area (Å²) in [5.41, 5.74) is -0.621. The monoisotopic (exact) mass is 202 g/mol. The zero-order valence-electron chi connectivity index (χ0n) is 7.67. The second-order valence-electron chi connectivity index (χ2n) is 4.20. The quantitative estimate of drug-likeness (QED) is 0.610. The first-order valence-corrected chi connectivity index (χ1v) is 5.51. The van der Waals surface area contributed by atoms with Gasteiger partial charge in [0.15, 0.2) is 0 Å². The molecule has 0 aliphatic heterocycles. The molecule has 0 radical (unpaired) electrons. The highest BCUT2D eigenvalue weighted by Crippen LogP contribution is 2.41. The van der Waals surface area contributed by atoms with Crippen LogP contribution >= 0.6 is 11.6 Å². The van der Waals surface area contributed by atoms with E-state index in [1.165, 1.54) is 38.5 Å². The van der Waals surface area contributed by atoms with Gasteiger partial charge in [-0.2, -0.15) is 0 Å². The second-order valence-corrected chi connectivity index (χ2v) is 4.51. The van der Waals surface area contributed by atoms with Gasteiger partial charge in [0.25, 0.3) is 0 Å². The molecule has 2 fully saturated rings. The van der Waals surface area contributed by atoms with Crippen molar-refractivity contribution in [2.45, 2.75) is 44.6 Å². The van der Waals surface area contributed by atoms with Crippen molar-refractivity contribution in [2.24, 2.45) is 11.8 Å². The maximum Gasteiger partial charge on any atom is 0.404 e. The van der Waals surface area contributed by atoms with E-state index in [4.69, 9.17) is 16.3 Å². The Morgan fingerprint density at radius 1 is 1.08 bits per heavy atom. The van der Waals surface area contributed by atoms with E-state index in [9.17, 15) is 4.79 Å². The zero-order chi connectivity index (χ0) is 9.26. The summed E-state index contributed by atoms with van der Waals surface area (Å²) in [4.78, 5) is 10.7. The number of ether oxygens (including phenoxy) is 1. The highest BCUT2D eigenvalue weighted by Gasteiger charge is 2.38. The smallest absolute Gasteiger partial charge is 0.404 e. The molecule has 2 aliphatic rings.